The fraction of sp³-hybridized carbons (Fsp3) is 0.692. The summed E-state index contributed by atoms with van der Waals surface area (Å²) in [5.74, 6) is 0.808. The Balaban J connectivity index is 3.13. The van der Waals surface area contributed by atoms with Crippen LogP contribution in [0.3, 0.4) is 0 Å². The van der Waals surface area contributed by atoms with Crippen LogP contribution in [-0.4, -0.2) is 34.5 Å². The summed E-state index contributed by atoms with van der Waals surface area (Å²) < 4.78 is 0. The van der Waals surface area contributed by atoms with Gasteiger partial charge in [-0.1, -0.05) is 20.8 Å². The molecule has 1 aromatic heterocycles. The molecule has 0 aliphatic carbocycles. The van der Waals surface area contributed by atoms with E-state index in [4.69, 9.17) is 0 Å². The smallest absolute Gasteiger partial charge is 0.329 e. The molecule has 0 atom stereocenters. The zero-order valence-electron chi connectivity index (χ0n) is 12.6. The van der Waals surface area contributed by atoms with Gasteiger partial charge in [-0.25, -0.2) is 4.98 Å². The van der Waals surface area contributed by atoms with Crippen molar-refractivity contribution in [2.24, 2.45) is 0 Å². The molecule has 0 aromatic carbocycles. The SMILES string of the molecule is CCCNc1ncc([N+](=O)[O-])c(N(C)C(CC)CC)n1. The topological polar surface area (TPSA) is 84.2 Å². The van der Waals surface area contributed by atoms with Crippen LogP contribution in [-0.2, 0) is 0 Å². The number of hydrogen-bond donors (Lipinski definition) is 1. The van der Waals surface area contributed by atoms with Gasteiger partial charge in [0.2, 0.25) is 11.8 Å². The van der Waals surface area contributed by atoms with E-state index in [2.05, 4.69) is 29.1 Å². The van der Waals surface area contributed by atoms with Gasteiger partial charge in [-0.05, 0) is 19.3 Å². The summed E-state index contributed by atoms with van der Waals surface area (Å²) >= 11 is 0. The van der Waals surface area contributed by atoms with Gasteiger partial charge in [0.1, 0.15) is 6.20 Å². The molecule has 0 saturated heterocycles. The Kier molecular flexibility index (Phi) is 6.14. The number of aromatic nitrogens is 2. The van der Waals surface area contributed by atoms with Gasteiger partial charge in [0, 0.05) is 19.6 Å². The van der Waals surface area contributed by atoms with Crippen LogP contribution in [0.2, 0.25) is 0 Å². The molecule has 1 N–H and O–H groups in total. The van der Waals surface area contributed by atoms with Crippen LogP contribution in [0.5, 0.6) is 0 Å². The monoisotopic (exact) mass is 281 g/mol. The zero-order chi connectivity index (χ0) is 15.1. The van der Waals surface area contributed by atoms with Crippen molar-refractivity contribution in [2.45, 2.75) is 46.1 Å². The van der Waals surface area contributed by atoms with Crippen LogP contribution < -0.4 is 10.2 Å². The second-order valence-electron chi connectivity index (χ2n) is 4.67. The fourth-order valence-electron chi connectivity index (χ4n) is 2.09. The van der Waals surface area contributed by atoms with Crippen LogP contribution in [0.15, 0.2) is 6.20 Å². The standard InChI is InChI=1S/C13H23N5O2/c1-5-8-14-13-15-9-11(18(19)20)12(16-13)17(4)10(6-2)7-3/h9-10H,5-8H2,1-4H3,(H,14,15,16). The number of nitrogens with one attached hydrogen (secondary N) is 1. The van der Waals surface area contributed by atoms with Crippen molar-refractivity contribution in [3.8, 4) is 0 Å². The molecule has 1 rings (SSSR count). The molecule has 0 spiro atoms. The minimum atomic E-state index is -0.433. The Labute approximate surface area is 119 Å². The Bertz CT molecular complexity index is 448. The highest BCUT2D eigenvalue weighted by molar-refractivity contribution is 5.59. The summed E-state index contributed by atoms with van der Waals surface area (Å²) in [5, 5.41) is 14.2. The molecule has 0 aliphatic rings. The molecule has 0 fully saturated rings. The molecule has 0 unspecified atom stereocenters. The molecule has 7 nitrogen and oxygen atoms in total. The lowest BCUT2D eigenvalue weighted by Gasteiger charge is -2.27. The third-order valence-electron chi connectivity index (χ3n) is 3.30. The van der Waals surface area contributed by atoms with Gasteiger partial charge < -0.3 is 10.2 Å². The van der Waals surface area contributed by atoms with Crippen molar-refractivity contribution in [1.29, 1.82) is 0 Å². The third kappa shape index (κ3) is 3.79. The lowest BCUT2D eigenvalue weighted by Crippen LogP contribution is -2.32. The predicted molar refractivity (Wildman–Crippen MR) is 80.2 cm³/mol. The third-order valence-corrected chi connectivity index (χ3v) is 3.30. The summed E-state index contributed by atoms with van der Waals surface area (Å²) in [7, 11) is 1.84. The quantitative estimate of drug-likeness (QED) is 0.582. The lowest BCUT2D eigenvalue weighted by atomic mass is 10.1. The van der Waals surface area contributed by atoms with Crippen molar-refractivity contribution >= 4 is 17.5 Å². The van der Waals surface area contributed by atoms with E-state index < -0.39 is 4.92 Å². The molecule has 1 heterocycles. The Morgan fingerprint density at radius 2 is 2.05 bits per heavy atom. The van der Waals surface area contributed by atoms with Crippen molar-refractivity contribution in [3.05, 3.63) is 16.3 Å². The van der Waals surface area contributed by atoms with E-state index in [0.29, 0.717) is 11.8 Å². The van der Waals surface area contributed by atoms with E-state index in [1.165, 1.54) is 6.20 Å². The van der Waals surface area contributed by atoms with Gasteiger partial charge in [-0.15, -0.1) is 0 Å². The first-order valence-corrected chi connectivity index (χ1v) is 7.03. The first kappa shape index (κ1) is 16.1. The molecule has 0 amide bonds. The normalized spacial score (nSPS) is 10.7. The summed E-state index contributed by atoms with van der Waals surface area (Å²) in [5.41, 5.74) is -0.0542. The second kappa shape index (κ2) is 7.62. The molecule has 0 bridgehead atoms. The maximum atomic E-state index is 11.1. The first-order valence-electron chi connectivity index (χ1n) is 7.03. The molecular weight excluding hydrogens is 258 g/mol. The van der Waals surface area contributed by atoms with Crippen molar-refractivity contribution in [3.63, 3.8) is 0 Å². The average Bonchev–Trinajstić information content (AvgIpc) is 2.45. The molecule has 1 aromatic rings. The molecule has 112 valence electrons. The van der Waals surface area contributed by atoms with Gasteiger partial charge in [0.25, 0.3) is 0 Å². The van der Waals surface area contributed by atoms with E-state index in [0.717, 1.165) is 25.8 Å². The number of nitrogens with zero attached hydrogens (tertiary/aromatic N) is 4. The Morgan fingerprint density at radius 1 is 1.40 bits per heavy atom. The van der Waals surface area contributed by atoms with E-state index >= 15 is 0 Å². The van der Waals surface area contributed by atoms with Gasteiger partial charge in [0.15, 0.2) is 0 Å². The highest BCUT2D eigenvalue weighted by Crippen LogP contribution is 2.27. The largest absolute Gasteiger partial charge is 0.354 e. The minimum absolute atomic E-state index is 0.0542. The number of rotatable bonds is 8. The zero-order valence-corrected chi connectivity index (χ0v) is 12.6. The van der Waals surface area contributed by atoms with Crippen LogP contribution >= 0.6 is 0 Å². The molecular formula is C13H23N5O2. The van der Waals surface area contributed by atoms with E-state index in [9.17, 15) is 10.1 Å². The van der Waals surface area contributed by atoms with Crippen molar-refractivity contribution in [2.75, 3.05) is 23.8 Å². The van der Waals surface area contributed by atoms with Crippen LogP contribution in [0.1, 0.15) is 40.0 Å². The van der Waals surface area contributed by atoms with Gasteiger partial charge in [-0.3, -0.25) is 10.1 Å². The lowest BCUT2D eigenvalue weighted by molar-refractivity contribution is -0.384. The number of hydrogen-bond acceptors (Lipinski definition) is 6. The summed E-state index contributed by atoms with van der Waals surface area (Å²) in [6, 6.07) is 0.225. The number of nitro groups is 1. The molecule has 7 heteroatoms. The van der Waals surface area contributed by atoms with Gasteiger partial charge in [0.05, 0.1) is 4.92 Å². The first-order chi connectivity index (χ1) is 9.54. The fourth-order valence-corrected chi connectivity index (χ4v) is 2.09. The summed E-state index contributed by atoms with van der Waals surface area (Å²) in [4.78, 5) is 20.9. The van der Waals surface area contributed by atoms with Crippen molar-refractivity contribution in [1.82, 2.24) is 9.97 Å². The molecule has 20 heavy (non-hydrogen) atoms. The highest BCUT2D eigenvalue weighted by atomic mass is 16.6. The highest BCUT2D eigenvalue weighted by Gasteiger charge is 2.24. The van der Waals surface area contributed by atoms with Gasteiger partial charge >= 0.3 is 5.69 Å². The molecule has 0 aliphatic heterocycles. The van der Waals surface area contributed by atoms with E-state index in [1.54, 1.807) is 0 Å². The Morgan fingerprint density at radius 3 is 2.55 bits per heavy atom. The van der Waals surface area contributed by atoms with Crippen molar-refractivity contribution < 1.29 is 4.92 Å². The second-order valence-corrected chi connectivity index (χ2v) is 4.67. The van der Waals surface area contributed by atoms with E-state index in [1.807, 2.05) is 18.9 Å². The maximum Gasteiger partial charge on any atom is 0.329 e. The number of anilines is 2. The minimum Gasteiger partial charge on any atom is -0.354 e. The summed E-state index contributed by atoms with van der Waals surface area (Å²) in [6.45, 7) is 6.91. The van der Waals surface area contributed by atoms with Crippen LogP contribution in [0.25, 0.3) is 0 Å². The molecule has 0 saturated carbocycles. The van der Waals surface area contributed by atoms with Gasteiger partial charge in [-0.2, -0.15) is 4.98 Å². The predicted octanol–water partition coefficient (Wildman–Crippen LogP) is 2.83. The molecule has 0 radical (unpaired) electrons. The van der Waals surface area contributed by atoms with E-state index in [-0.39, 0.29) is 11.7 Å². The Hall–Kier alpha value is -1.92. The summed E-state index contributed by atoms with van der Waals surface area (Å²) in [6.07, 6.45) is 4.04. The maximum absolute atomic E-state index is 11.1. The average molecular weight is 281 g/mol. The van der Waals surface area contributed by atoms with Crippen LogP contribution in [0.4, 0.5) is 17.5 Å². The van der Waals surface area contributed by atoms with Crippen LogP contribution in [0, 0.1) is 10.1 Å².